The van der Waals surface area contributed by atoms with Gasteiger partial charge in [0.2, 0.25) is 0 Å². The van der Waals surface area contributed by atoms with Crippen LogP contribution in [0.2, 0.25) is 10.0 Å². The van der Waals surface area contributed by atoms with Gasteiger partial charge in [-0.3, -0.25) is 9.59 Å². The van der Waals surface area contributed by atoms with Crippen LogP contribution in [0.4, 0.5) is 0 Å². The lowest BCUT2D eigenvalue weighted by Crippen LogP contribution is -2.12. The molecule has 0 heterocycles. The summed E-state index contributed by atoms with van der Waals surface area (Å²) in [6, 6.07) is 11.6. The molecule has 24 heavy (non-hydrogen) atoms. The maximum absolute atomic E-state index is 11.8. The summed E-state index contributed by atoms with van der Waals surface area (Å²) in [5.74, 6) is 0.0153. The maximum atomic E-state index is 11.8. The highest BCUT2D eigenvalue weighted by atomic mass is 35.5. The molecule has 0 aliphatic carbocycles. The van der Waals surface area contributed by atoms with Gasteiger partial charge in [0.15, 0.2) is 0 Å². The van der Waals surface area contributed by atoms with Crippen LogP contribution in [-0.4, -0.2) is 11.9 Å². The molecule has 126 valence electrons. The summed E-state index contributed by atoms with van der Waals surface area (Å²) in [6.45, 7) is 1.80. The highest BCUT2D eigenvalue weighted by Gasteiger charge is 2.10. The highest BCUT2D eigenvalue weighted by molar-refractivity contribution is 6.31. The van der Waals surface area contributed by atoms with E-state index in [0.717, 1.165) is 5.56 Å². The number of hydrogen-bond donors (Lipinski definition) is 0. The van der Waals surface area contributed by atoms with Crippen molar-refractivity contribution in [3.05, 3.63) is 58.1 Å². The molecule has 0 bridgehead atoms. The number of carbonyl (C=O) groups excluding carboxylic acids is 2. The third-order valence-electron chi connectivity index (χ3n) is 3.15. The first kappa shape index (κ1) is 18.3. The van der Waals surface area contributed by atoms with Gasteiger partial charge in [-0.25, -0.2) is 0 Å². The van der Waals surface area contributed by atoms with Gasteiger partial charge < -0.3 is 9.47 Å². The zero-order valence-electron chi connectivity index (χ0n) is 13.1. The van der Waals surface area contributed by atoms with Crippen LogP contribution in [0.15, 0.2) is 42.5 Å². The highest BCUT2D eigenvalue weighted by Crippen LogP contribution is 2.22. The summed E-state index contributed by atoms with van der Waals surface area (Å²) in [6.07, 6.45) is 0.568. The summed E-state index contributed by atoms with van der Waals surface area (Å²) in [5.41, 5.74) is 0.774. The Morgan fingerprint density at radius 2 is 1.58 bits per heavy atom. The standard InChI is InChI=1S/C18H16Cl2O4/c1-12-10-14(20)8-9-16(12)24-18(22)7-3-6-17(21)23-15-5-2-4-13(19)11-15/h2,4-5,8-11H,3,6-7H2,1H3. The van der Waals surface area contributed by atoms with E-state index in [-0.39, 0.29) is 12.8 Å². The maximum Gasteiger partial charge on any atom is 0.311 e. The molecular formula is C18H16Cl2O4. The Bertz CT molecular complexity index is 744. The first-order chi connectivity index (χ1) is 11.4. The molecule has 2 aromatic carbocycles. The predicted octanol–water partition coefficient (Wildman–Crippen LogP) is 4.98. The number of rotatable bonds is 6. The van der Waals surface area contributed by atoms with Crippen LogP contribution in [0, 0.1) is 6.92 Å². The number of carbonyl (C=O) groups is 2. The summed E-state index contributed by atoms with van der Waals surface area (Å²) < 4.78 is 10.4. The second kappa shape index (κ2) is 8.71. The van der Waals surface area contributed by atoms with Crippen molar-refractivity contribution in [1.82, 2.24) is 0 Å². The van der Waals surface area contributed by atoms with E-state index in [1.807, 2.05) is 0 Å². The quantitative estimate of drug-likeness (QED) is 0.534. The van der Waals surface area contributed by atoms with Gasteiger partial charge in [0.05, 0.1) is 0 Å². The molecule has 6 heteroatoms. The van der Waals surface area contributed by atoms with Crippen molar-refractivity contribution in [2.45, 2.75) is 26.2 Å². The number of aryl methyl sites for hydroxylation is 1. The normalized spacial score (nSPS) is 10.3. The molecule has 0 amide bonds. The lowest BCUT2D eigenvalue weighted by molar-refractivity contribution is -0.136. The third kappa shape index (κ3) is 5.87. The molecule has 0 aliphatic rings. The predicted molar refractivity (Wildman–Crippen MR) is 92.8 cm³/mol. The summed E-state index contributed by atoms with van der Waals surface area (Å²) in [7, 11) is 0. The van der Waals surface area contributed by atoms with Crippen LogP contribution in [-0.2, 0) is 9.59 Å². The molecule has 0 aromatic heterocycles. The van der Waals surface area contributed by atoms with E-state index in [0.29, 0.717) is 28.0 Å². The average Bonchev–Trinajstić information content (AvgIpc) is 2.50. The van der Waals surface area contributed by atoms with Gasteiger partial charge in [0.25, 0.3) is 0 Å². The second-order valence-electron chi connectivity index (χ2n) is 5.17. The molecule has 0 fully saturated rings. The number of esters is 2. The van der Waals surface area contributed by atoms with Crippen LogP contribution >= 0.6 is 23.2 Å². The minimum atomic E-state index is -0.423. The molecule has 0 atom stereocenters. The fourth-order valence-electron chi connectivity index (χ4n) is 1.99. The largest absolute Gasteiger partial charge is 0.426 e. The van der Waals surface area contributed by atoms with Gasteiger partial charge >= 0.3 is 11.9 Å². The van der Waals surface area contributed by atoms with Crippen molar-refractivity contribution < 1.29 is 19.1 Å². The van der Waals surface area contributed by atoms with Crippen molar-refractivity contribution in [3.63, 3.8) is 0 Å². The summed E-state index contributed by atoms with van der Waals surface area (Å²) in [4.78, 5) is 23.5. The first-order valence-corrected chi connectivity index (χ1v) is 8.13. The molecule has 0 radical (unpaired) electrons. The zero-order valence-corrected chi connectivity index (χ0v) is 14.6. The smallest absolute Gasteiger partial charge is 0.311 e. The molecule has 2 rings (SSSR count). The minimum absolute atomic E-state index is 0.112. The molecular weight excluding hydrogens is 351 g/mol. The topological polar surface area (TPSA) is 52.6 Å². The Hall–Kier alpha value is -2.04. The Morgan fingerprint density at radius 3 is 2.25 bits per heavy atom. The molecule has 0 unspecified atom stereocenters. The van der Waals surface area contributed by atoms with Gasteiger partial charge in [-0.2, -0.15) is 0 Å². The summed E-state index contributed by atoms with van der Waals surface area (Å²) >= 11 is 11.7. The van der Waals surface area contributed by atoms with Gasteiger partial charge in [-0.05, 0) is 55.3 Å². The Labute approximate surface area is 150 Å². The van der Waals surface area contributed by atoms with Crippen molar-refractivity contribution in [2.24, 2.45) is 0 Å². The number of benzene rings is 2. The Morgan fingerprint density at radius 1 is 0.917 bits per heavy atom. The lowest BCUT2D eigenvalue weighted by Gasteiger charge is -2.08. The van der Waals surface area contributed by atoms with Crippen LogP contribution in [0.5, 0.6) is 11.5 Å². The van der Waals surface area contributed by atoms with Crippen molar-refractivity contribution >= 4 is 35.1 Å². The zero-order chi connectivity index (χ0) is 17.5. The van der Waals surface area contributed by atoms with E-state index >= 15 is 0 Å². The molecule has 0 saturated heterocycles. The molecule has 4 nitrogen and oxygen atoms in total. The fourth-order valence-corrected chi connectivity index (χ4v) is 2.40. The first-order valence-electron chi connectivity index (χ1n) is 7.37. The van der Waals surface area contributed by atoms with E-state index in [1.54, 1.807) is 49.4 Å². The van der Waals surface area contributed by atoms with Crippen LogP contribution in [0.25, 0.3) is 0 Å². The van der Waals surface area contributed by atoms with Crippen molar-refractivity contribution in [3.8, 4) is 11.5 Å². The molecule has 0 aliphatic heterocycles. The van der Waals surface area contributed by atoms with Crippen molar-refractivity contribution in [1.29, 1.82) is 0 Å². The van der Waals surface area contributed by atoms with E-state index in [1.165, 1.54) is 0 Å². The Kier molecular flexibility index (Phi) is 6.64. The van der Waals surface area contributed by atoms with Gasteiger partial charge in [-0.15, -0.1) is 0 Å². The van der Waals surface area contributed by atoms with Crippen LogP contribution in [0.3, 0.4) is 0 Å². The Balaban J connectivity index is 1.75. The molecule has 0 spiro atoms. The monoisotopic (exact) mass is 366 g/mol. The second-order valence-corrected chi connectivity index (χ2v) is 6.04. The van der Waals surface area contributed by atoms with Crippen LogP contribution < -0.4 is 9.47 Å². The number of halogens is 2. The van der Waals surface area contributed by atoms with E-state index < -0.39 is 11.9 Å². The van der Waals surface area contributed by atoms with E-state index in [4.69, 9.17) is 32.7 Å². The number of hydrogen-bond acceptors (Lipinski definition) is 4. The SMILES string of the molecule is Cc1cc(Cl)ccc1OC(=O)CCCC(=O)Oc1cccc(Cl)c1. The van der Waals surface area contributed by atoms with Gasteiger partial charge in [0, 0.05) is 22.9 Å². The fraction of sp³-hybridized carbons (Fsp3) is 0.222. The average molecular weight is 367 g/mol. The molecule has 0 N–H and O–H groups in total. The van der Waals surface area contributed by atoms with E-state index in [2.05, 4.69) is 0 Å². The minimum Gasteiger partial charge on any atom is -0.426 e. The van der Waals surface area contributed by atoms with E-state index in [9.17, 15) is 9.59 Å². The molecule has 2 aromatic rings. The lowest BCUT2D eigenvalue weighted by atomic mass is 10.2. The summed E-state index contributed by atoms with van der Waals surface area (Å²) in [5, 5.41) is 1.07. The molecule has 0 saturated carbocycles. The van der Waals surface area contributed by atoms with Crippen molar-refractivity contribution in [2.75, 3.05) is 0 Å². The van der Waals surface area contributed by atoms with Crippen LogP contribution in [0.1, 0.15) is 24.8 Å². The van der Waals surface area contributed by atoms with Gasteiger partial charge in [-0.1, -0.05) is 29.3 Å². The van der Waals surface area contributed by atoms with Gasteiger partial charge in [0.1, 0.15) is 11.5 Å². The number of ether oxygens (including phenoxy) is 2. The third-order valence-corrected chi connectivity index (χ3v) is 3.62.